The molecule has 0 radical (unpaired) electrons. The normalized spacial score (nSPS) is 13.3. The Bertz CT molecular complexity index is 2720. The average molecular weight is 686 g/mol. The van der Waals surface area contributed by atoms with E-state index in [0.29, 0.717) is 0 Å². The molecule has 0 bridgehead atoms. The minimum Gasteiger partial charge on any atom is -0.324 e. The van der Waals surface area contributed by atoms with Gasteiger partial charge in [-0.05, 0) is 59.2 Å². The maximum absolute atomic E-state index is 5.10. The molecule has 52 heavy (non-hydrogen) atoms. The largest absolute Gasteiger partial charge is 0.324 e. The molecule has 2 aromatic heterocycles. The predicted octanol–water partition coefficient (Wildman–Crippen LogP) is 11.2. The lowest BCUT2D eigenvalue weighted by atomic mass is 10.0. The molecule has 246 valence electrons. The third-order valence-corrected chi connectivity index (χ3v) is 10.8. The minimum absolute atomic E-state index is 0.385. The van der Waals surface area contributed by atoms with Crippen molar-refractivity contribution in [2.75, 3.05) is 0 Å². The van der Waals surface area contributed by atoms with E-state index >= 15 is 0 Å². The number of fused-ring (bicyclic) bond motifs is 4. The van der Waals surface area contributed by atoms with Gasteiger partial charge in [0.05, 0.1) is 21.3 Å². The first kappa shape index (κ1) is 30.2. The van der Waals surface area contributed by atoms with Crippen LogP contribution >= 0.6 is 11.3 Å². The fourth-order valence-corrected chi connectivity index (χ4v) is 8.21. The van der Waals surface area contributed by atoms with E-state index in [2.05, 4.69) is 149 Å². The molecule has 0 spiro atoms. The molecule has 0 amide bonds. The summed E-state index contributed by atoms with van der Waals surface area (Å²) in [5.41, 5.74) is 11.0. The molecular weight excluding hydrogens is 655 g/mol. The highest BCUT2D eigenvalue weighted by Gasteiger charge is 2.22. The van der Waals surface area contributed by atoms with Crippen LogP contribution in [0.5, 0.6) is 0 Å². The van der Waals surface area contributed by atoms with Gasteiger partial charge in [-0.2, -0.15) is 0 Å². The summed E-state index contributed by atoms with van der Waals surface area (Å²) in [6.07, 6.45) is -0.385. The maximum atomic E-state index is 5.10. The van der Waals surface area contributed by atoms with Gasteiger partial charge in [-0.3, -0.25) is 0 Å². The van der Waals surface area contributed by atoms with E-state index in [9.17, 15) is 0 Å². The van der Waals surface area contributed by atoms with Crippen molar-refractivity contribution in [3.05, 3.63) is 193 Å². The topological polar surface area (TPSA) is 54.6 Å². The Hall–Kier alpha value is -6.63. The fourth-order valence-electron chi connectivity index (χ4n) is 7.21. The molecule has 7 aromatic carbocycles. The van der Waals surface area contributed by atoms with Gasteiger partial charge in [0.1, 0.15) is 16.7 Å². The van der Waals surface area contributed by atoms with Crippen molar-refractivity contribution >= 4 is 55.0 Å². The number of hydrogen-bond acceptors (Lipinski definition) is 5. The first-order valence-electron chi connectivity index (χ1n) is 17.4. The molecule has 5 nitrogen and oxygen atoms in total. The zero-order valence-electron chi connectivity index (χ0n) is 28.0. The van der Waals surface area contributed by atoms with Crippen molar-refractivity contribution < 1.29 is 0 Å². The summed E-state index contributed by atoms with van der Waals surface area (Å²) < 4.78 is 3.58. The van der Waals surface area contributed by atoms with Crippen molar-refractivity contribution in [3.8, 4) is 27.4 Å². The van der Waals surface area contributed by atoms with Crippen molar-refractivity contribution in [2.24, 2.45) is 9.98 Å². The second-order valence-corrected chi connectivity index (χ2v) is 13.9. The number of amidine groups is 2. The number of hydrogen-bond donors (Lipinski definition) is 1. The van der Waals surface area contributed by atoms with Gasteiger partial charge in [-0.15, -0.1) is 11.3 Å². The molecule has 0 saturated heterocycles. The van der Waals surface area contributed by atoms with Crippen molar-refractivity contribution in [1.29, 1.82) is 0 Å². The van der Waals surface area contributed by atoms with Crippen LogP contribution in [0.1, 0.15) is 22.9 Å². The van der Waals surface area contributed by atoms with Crippen LogP contribution in [0.4, 0.5) is 0 Å². The van der Waals surface area contributed by atoms with E-state index < -0.39 is 0 Å². The molecule has 9 aromatic rings. The Morgan fingerprint density at radius 1 is 0.519 bits per heavy atom. The Morgan fingerprint density at radius 2 is 1.15 bits per heavy atom. The number of aliphatic imine (C=N–C) groups is 2. The Balaban J connectivity index is 1.05. The van der Waals surface area contributed by atoms with Crippen LogP contribution in [0.2, 0.25) is 0 Å². The van der Waals surface area contributed by atoms with Crippen LogP contribution in [0.15, 0.2) is 186 Å². The van der Waals surface area contributed by atoms with Gasteiger partial charge >= 0.3 is 0 Å². The molecular formula is C46H31N5S. The molecule has 3 heterocycles. The Kier molecular flexibility index (Phi) is 7.32. The molecule has 0 fully saturated rings. The van der Waals surface area contributed by atoms with Gasteiger partial charge in [0.2, 0.25) is 0 Å². The number of aromatic nitrogens is 2. The average Bonchev–Trinajstić information content (AvgIpc) is 3.81. The van der Waals surface area contributed by atoms with Crippen molar-refractivity contribution in [1.82, 2.24) is 14.9 Å². The highest BCUT2D eigenvalue weighted by molar-refractivity contribution is 7.21. The van der Waals surface area contributed by atoms with Crippen LogP contribution in [0.3, 0.4) is 0 Å². The molecule has 10 rings (SSSR count). The summed E-state index contributed by atoms with van der Waals surface area (Å²) >= 11 is 1.74. The standard InChI is InChI=1S/C46H31N5S/c1-3-13-31(14-4-1)43-48-44(32-15-5-2-6-16-32)50-45(49-43)34-18-11-17-33(29-34)30-25-27-35(28-26-30)51-40-23-9-7-19-36(40)37-20-12-21-38(42(37)51)46-47-39-22-8-10-24-41(39)52-46/h1-29,45H,(H,48,49,50). The van der Waals surface area contributed by atoms with Crippen LogP contribution < -0.4 is 5.32 Å². The number of benzene rings is 7. The third-order valence-electron chi connectivity index (χ3n) is 9.70. The lowest BCUT2D eigenvalue weighted by Gasteiger charge is -2.22. The second kappa shape index (κ2) is 12.6. The summed E-state index contributed by atoms with van der Waals surface area (Å²) in [4.78, 5) is 15.3. The summed E-state index contributed by atoms with van der Waals surface area (Å²) in [5, 5.41) is 6.96. The summed E-state index contributed by atoms with van der Waals surface area (Å²) in [7, 11) is 0. The number of rotatable bonds is 6. The van der Waals surface area contributed by atoms with Crippen LogP contribution in [-0.4, -0.2) is 21.2 Å². The Labute approximate surface area is 304 Å². The van der Waals surface area contributed by atoms with E-state index in [1.165, 1.54) is 26.5 Å². The number of para-hydroxylation sites is 3. The summed E-state index contributed by atoms with van der Waals surface area (Å²) in [5.74, 6) is 1.62. The monoisotopic (exact) mass is 685 g/mol. The first-order valence-corrected chi connectivity index (χ1v) is 18.2. The first-order chi connectivity index (χ1) is 25.8. The molecule has 1 aliphatic rings. The molecule has 6 heteroatoms. The number of thiazole rings is 1. The van der Waals surface area contributed by atoms with Gasteiger partial charge in [0.25, 0.3) is 0 Å². The van der Waals surface area contributed by atoms with Gasteiger partial charge in [0.15, 0.2) is 6.17 Å². The molecule has 1 aliphatic heterocycles. The summed E-state index contributed by atoms with van der Waals surface area (Å²) in [6.45, 7) is 0. The van der Waals surface area contributed by atoms with Gasteiger partial charge in [-0.1, -0.05) is 133 Å². The lowest BCUT2D eigenvalue weighted by Crippen LogP contribution is -2.35. The van der Waals surface area contributed by atoms with Crippen LogP contribution in [0, 0.1) is 0 Å². The van der Waals surface area contributed by atoms with E-state index in [1.807, 2.05) is 36.4 Å². The highest BCUT2D eigenvalue weighted by Crippen LogP contribution is 2.40. The smallest absolute Gasteiger partial charge is 0.169 e. The Morgan fingerprint density at radius 3 is 1.90 bits per heavy atom. The van der Waals surface area contributed by atoms with Crippen molar-refractivity contribution in [3.63, 3.8) is 0 Å². The molecule has 0 aliphatic carbocycles. The SMILES string of the molecule is c1ccc(C2=NC(c3cccc(-c4ccc(-n5c6ccccc6c6cccc(-c7nc8ccccc8s7)c65)cc4)c3)N=C(c3ccccc3)N2)cc1. The number of nitrogens with one attached hydrogen (secondary N) is 1. The maximum Gasteiger partial charge on any atom is 0.169 e. The van der Waals surface area contributed by atoms with E-state index in [1.54, 1.807) is 11.3 Å². The third kappa shape index (κ3) is 5.29. The van der Waals surface area contributed by atoms with Gasteiger partial charge in [0, 0.05) is 33.2 Å². The van der Waals surface area contributed by atoms with E-state index in [-0.39, 0.29) is 6.17 Å². The highest BCUT2D eigenvalue weighted by atomic mass is 32.1. The zero-order valence-corrected chi connectivity index (χ0v) is 28.8. The van der Waals surface area contributed by atoms with Crippen LogP contribution in [0.25, 0.3) is 59.4 Å². The quantitative estimate of drug-likeness (QED) is 0.189. The zero-order chi connectivity index (χ0) is 34.4. The summed E-state index contributed by atoms with van der Waals surface area (Å²) in [6, 6.07) is 61.6. The van der Waals surface area contributed by atoms with Crippen LogP contribution in [-0.2, 0) is 0 Å². The second-order valence-electron chi connectivity index (χ2n) is 12.9. The van der Waals surface area contributed by atoms with Gasteiger partial charge in [-0.25, -0.2) is 15.0 Å². The van der Waals surface area contributed by atoms with E-state index in [0.717, 1.165) is 61.3 Å². The van der Waals surface area contributed by atoms with E-state index in [4.69, 9.17) is 15.0 Å². The molecule has 0 saturated carbocycles. The molecule has 0 atom stereocenters. The lowest BCUT2D eigenvalue weighted by molar-refractivity contribution is 0.756. The molecule has 1 N–H and O–H groups in total. The number of nitrogens with zero attached hydrogens (tertiary/aromatic N) is 4. The fraction of sp³-hybridized carbons (Fsp3) is 0.0217. The minimum atomic E-state index is -0.385. The van der Waals surface area contributed by atoms with Crippen molar-refractivity contribution in [2.45, 2.75) is 6.17 Å². The molecule has 0 unspecified atom stereocenters. The predicted molar refractivity (Wildman–Crippen MR) is 217 cm³/mol. The van der Waals surface area contributed by atoms with Gasteiger partial charge < -0.3 is 9.88 Å².